The normalized spacial score (nSPS) is 16.0. The summed E-state index contributed by atoms with van der Waals surface area (Å²) in [5.41, 5.74) is 22.8. The van der Waals surface area contributed by atoms with Gasteiger partial charge in [0.25, 0.3) is 6.71 Å². The average Bonchev–Trinajstić information content (AvgIpc) is 3.97. The van der Waals surface area contributed by atoms with Gasteiger partial charge in [0, 0.05) is 63.3 Å². The molecule has 0 saturated carbocycles. The molecule has 318 valence electrons. The van der Waals surface area contributed by atoms with Crippen LogP contribution in [0.1, 0.15) is 103 Å². The third-order valence-corrected chi connectivity index (χ3v) is 18.0. The fourth-order valence-corrected chi connectivity index (χ4v) is 14.8. The average molecular weight is 877 g/mol. The molecule has 5 heteroatoms. The van der Waals surface area contributed by atoms with Gasteiger partial charge < -0.3 is 9.80 Å². The Morgan fingerprint density at radius 3 is 1.23 bits per heavy atom. The van der Waals surface area contributed by atoms with Crippen molar-refractivity contribution in [2.75, 3.05) is 9.80 Å². The molecule has 0 unspecified atom stereocenters. The zero-order chi connectivity index (χ0) is 44.7. The summed E-state index contributed by atoms with van der Waals surface area (Å²) >= 11 is 4.05. The molecule has 0 fully saturated rings. The van der Waals surface area contributed by atoms with Crippen molar-refractivity contribution in [2.24, 2.45) is 0 Å². The van der Waals surface area contributed by atoms with Gasteiger partial charge in [-0.05, 0) is 133 Å². The number of hydrogen-bond donors (Lipinski definition) is 0. The standard InChI is InChI=1S/C60H53BN2S2/c1-57(2,3)34-22-26-36(27-23-34)62-48-20-15-21-49-52(48)61(55-53(62)42-30-40-38-16-11-13-18-44(38)59(7,8)46(40)32-50(42)64-55)56-54(63(49)37-28-24-35(25-29-37)58(4,5)6)43-31-41-39-17-12-14-19-45(39)60(9,10)47(41)33-51(43)65-56/h11-33H,1-10H3. The van der Waals surface area contributed by atoms with Crippen molar-refractivity contribution in [3.05, 3.63) is 173 Å². The maximum absolute atomic E-state index is 2.63. The van der Waals surface area contributed by atoms with Crippen LogP contribution in [-0.4, -0.2) is 6.71 Å². The molecular formula is C60H53BN2S2. The molecule has 2 aliphatic carbocycles. The van der Waals surface area contributed by atoms with Crippen molar-refractivity contribution in [3.63, 3.8) is 0 Å². The van der Waals surface area contributed by atoms with Crippen molar-refractivity contribution in [1.29, 1.82) is 0 Å². The predicted molar refractivity (Wildman–Crippen MR) is 284 cm³/mol. The molecule has 0 bridgehead atoms. The third kappa shape index (κ3) is 5.29. The van der Waals surface area contributed by atoms with Gasteiger partial charge in [0.2, 0.25) is 0 Å². The summed E-state index contributed by atoms with van der Waals surface area (Å²) in [6.45, 7) is 23.6. The molecule has 4 aliphatic rings. The Morgan fingerprint density at radius 1 is 0.431 bits per heavy atom. The van der Waals surface area contributed by atoms with Crippen molar-refractivity contribution < 1.29 is 0 Å². The predicted octanol–water partition coefficient (Wildman–Crippen LogP) is 15.4. The van der Waals surface area contributed by atoms with E-state index in [1.54, 1.807) is 0 Å². The number of anilines is 6. The monoisotopic (exact) mass is 876 g/mol. The Bertz CT molecular complexity index is 3290. The lowest BCUT2D eigenvalue weighted by Crippen LogP contribution is -2.59. The molecule has 7 aromatic carbocycles. The summed E-state index contributed by atoms with van der Waals surface area (Å²) in [6.07, 6.45) is 0. The smallest absolute Gasteiger partial charge is 0.277 e. The Morgan fingerprint density at radius 2 is 0.831 bits per heavy atom. The van der Waals surface area contributed by atoms with Crippen molar-refractivity contribution in [3.8, 4) is 22.3 Å². The first kappa shape index (κ1) is 39.5. The van der Waals surface area contributed by atoms with Gasteiger partial charge in [0.1, 0.15) is 0 Å². The fraction of sp³-hybridized carbons (Fsp3) is 0.233. The molecule has 9 aromatic rings. The molecule has 0 atom stereocenters. The van der Waals surface area contributed by atoms with Crippen LogP contribution < -0.4 is 24.8 Å². The first-order valence-electron chi connectivity index (χ1n) is 23.4. The highest BCUT2D eigenvalue weighted by Gasteiger charge is 2.48. The first-order chi connectivity index (χ1) is 31.0. The molecule has 13 rings (SSSR count). The van der Waals surface area contributed by atoms with Gasteiger partial charge in [-0.25, -0.2) is 0 Å². The summed E-state index contributed by atoms with van der Waals surface area (Å²) in [6, 6.07) is 54.4. The minimum absolute atomic E-state index is 0.0521. The SMILES string of the molecule is CC(C)(C)c1ccc(N2c3cccc4c3B(c3sc5cc6c(cc5c32)-c2ccccc2C6(C)C)c2sc3cc5c(cc3c2N4c2ccc(C(C)(C)C)cc2)-c2ccccc2C5(C)C)cc1. The molecule has 0 spiro atoms. The van der Waals surface area contributed by atoms with Crippen molar-refractivity contribution >= 4 is 98.7 Å². The quantitative estimate of drug-likeness (QED) is 0.160. The van der Waals surface area contributed by atoms with Crippen LogP contribution in [0.15, 0.2) is 140 Å². The number of benzene rings is 7. The highest BCUT2D eigenvalue weighted by molar-refractivity contribution is 7.40. The van der Waals surface area contributed by atoms with E-state index in [0.717, 1.165) is 0 Å². The van der Waals surface area contributed by atoms with Crippen LogP contribution in [0.5, 0.6) is 0 Å². The molecule has 2 aromatic heterocycles. The summed E-state index contributed by atoms with van der Waals surface area (Å²) < 4.78 is 5.59. The van der Waals surface area contributed by atoms with E-state index in [0.29, 0.717) is 0 Å². The maximum atomic E-state index is 2.63. The van der Waals surface area contributed by atoms with Crippen LogP contribution in [0.25, 0.3) is 42.4 Å². The number of thiophene rings is 2. The molecule has 4 heterocycles. The van der Waals surface area contributed by atoms with E-state index in [2.05, 4.69) is 219 Å². The Hall–Kier alpha value is -5.88. The number of rotatable bonds is 2. The Balaban J connectivity index is 1.13. The zero-order valence-corrected chi connectivity index (χ0v) is 40.7. The van der Waals surface area contributed by atoms with Gasteiger partial charge in [-0.1, -0.05) is 148 Å². The van der Waals surface area contributed by atoms with Crippen LogP contribution >= 0.6 is 22.7 Å². The summed E-state index contributed by atoms with van der Waals surface area (Å²) in [5.74, 6) is 0. The molecule has 0 amide bonds. The van der Waals surface area contributed by atoms with Crippen LogP contribution in [0, 0.1) is 0 Å². The lowest BCUT2D eigenvalue weighted by molar-refractivity contribution is 0.590. The molecule has 2 aliphatic heterocycles. The van der Waals surface area contributed by atoms with Crippen LogP contribution in [0.2, 0.25) is 0 Å². The van der Waals surface area contributed by atoms with Gasteiger partial charge in [-0.15, -0.1) is 22.7 Å². The van der Waals surface area contributed by atoms with E-state index in [4.69, 9.17) is 0 Å². The highest BCUT2D eigenvalue weighted by Crippen LogP contribution is 2.56. The third-order valence-electron chi connectivity index (χ3n) is 15.6. The number of nitrogens with zero attached hydrogens (tertiary/aromatic N) is 2. The second kappa shape index (κ2) is 12.9. The fourth-order valence-electron chi connectivity index (χ4n) is 12.1. The Kier molecular flexibility index (Phi) is 7.85. The largest absolute Gasteiger partial charge is 0.310 e. The second-order valence-corrected chi connectivity index (χ2v) is 24.3. The van der Waals surface area contributed by atoms with E-state index < -0.39 is 0 Å². The molecule has 0 radical (unpaired) electrons. The minimum Gasteiger partial charge on any atom is -0.310 e. The lowest BCUT2D eigenvalue weighted by Gasteiger charge is -2.42. The highest BCUT2D eigenvalue weighted by atomic mass is 32.1. The van der Waals surface area contributed by atoms with Gasteiger partial charge in [0.05, 0.1) is 11.4 Å². The van der Waals surface area contributed by atoms with E-state index >= 15 is 0 Å². The number of hydrogen-bond acceptors (Lipinski definition) is 4. The van der Waals surface area contributed by atoms with Gasteiger partial charge in [-0.3, -0.25) is 0 Å². The molecular weight excluding hydrogens is 824 g/mol. The van der Waals surface area contributed by atoms with Gasteiger partial charge in [0.15, 0.2) is 0 Å². The van der Waals surface area contributed by atoms with Crippen LogP contribution in [-0.2, 0) is 21.7 Å². The van der Waals surface area contributed by atoms with E-state index in [9.17, 15) is 0 Å². The van der Waals surface area contributed by atoms with E-state index in [1.807, 2.05) is 22.7 Å². The maximum Gasteiger partial charge on any atom is 0.277 e. The summed E-state index contributed by atoms with van der Waals surface area (Å²) in [5, 5.41) is 2.68. The molecule has 2 nitrogen and oxygen atoms in total. The van der Waals surface area contributed by atoms with Gasteiger partial charge >= 0.3 is 0 Å². The van der Waals surface area contributed by atoms with Crippen LogP contribution in [0.4, 0.5) is 34.1 Å². The Labute approximate surface area is 392 Å². The topological polar surface area (TPSA) is 6.48 Å². The van der Waals surface area contributed by atoms with E-state index in [-0.39, 0.29) is 28.4 Å². The van der Waals surface area contributed by atoms with Crippen molar-refractivity contribution in [2.45, 2.75) is 90.9 Å². The molecule has 0 N–H and O–H groups in total. The summed E-state index contributed by atoms with van der Waals surface area (Å²) in [4.78, 5) is 5.25. The van der Waals surface area contributed by atoms with Crippen LogP contribution in [0.3, 0.4) is 0 Å². The minimum atomic E-state index is -0.0808. The van der Waals surface area contributed by atoms with E-state index in [1.165, 1.54) is 125 Å². The molecule has 65 heavy (non-hydrogen) atoms. The number of fused-ring (bicyclic) bond motifs is 14. The van der Waals surface area contributed by atoms with Crippen molar-refractivity contribution in [1.82, 2.24) is 0 Å². The second-order valence-electron chi connectivity index (χ2n) is 22.2. The summed E-state index contributed by atoms with van der Waals surface area (Å²) in [7, 11) is 0. The first-order valence-corrected chi connectivity index (χ1v) is 25.0. The van der Waals surface area contributed by atoms with Gasteiger partial charge in [-0.2, -0.15) is 0 Å². The zero-order valence-electron chi connectivity index (χ0n) is 39.1. The lowest BCUT2D eigenvalue weighted by atomic mass is 9.39. The molecule has 0 saturated heterocycles.